The summed E-state index contributed by atoms with van der Waals surface area (Å²) in [7, 11) is 0. The minimum Gasteiger partial charge on any atom is -0.455 e. The third-order valence-electron chi connectivity index (χ3n) is 5.48. The Kier molecular flexibility index (Phi) is 7.07. The fraction of sp³-hybridized carbons (Fsp3) is 0.850. The molecule has 2 aliphatic rings. The van der Waals surface area contributed by atoms with Gasteiger partial charge in [-0.2, -0.15) is 0 Å². The van der Waals surface area contributed by atoms with Gasteiger partial charge < -0.3 is 15.0 Å². The van der Waals surface area contributed by atoms with Crippen LogP contribution < -0.4 is 5.32 Å². The van der Waals surface area contributed by atoms with E-state index in [9.17, 15) is 14.4 Å². The molecule has 1 saturated heterocycles. The lowest BCUT2D eigenvalue weighted by Crippen LogP contribution is -2.45. The number of likely N-dealkylation sites (tertiary alicyclic amines) is 1. The maximum atomic E-state index is 12.3. The molecule has 0 aromatic rings. The largest absolute Gasteiger partial charge is 0.455 e. The third kappa shape index (κ3) is 5.99. The van der Waals surface area contributed by atoms with Crippen LogP contribution in [0, 0.1) is 17.3 Å². The van der Waals surface area contributed by atoms with Crippen molar-refractivity contribution in [2.24, 2.45) is 17.3 Å². The van der Waals surface area contributed by atoms with Gasteiger partial charge in [0.05, 0.1) is 5.92 Å². The van der Waals surface area contributed by atoms with E-state index in [0.29, 0.717) is 25.9 Å². The second kappa shape index (κ2) is 8.87. The fourth-order valence-corrected chi connectivity index (χ4v) is 3.72. The van der Waals surface area contributed by atoms with Crippen molar-refractivity contribution in [3.05, 3.63) is 0 Å². The molecule has 2 amide bonds. The van der Waals surface area contributed by atoms with Crippen LogP contribution in [0.4, 0.5) is 0 Å². The van der Waals surface area contributed by atoms with Gasteiger partial charge in [0.1, 0.15) is 0 Å². The van der Waals surface area contributed by atoms with Gasteiger partial charge in [-0.15, -0.1) is 0 Å². The molecule has 2 fully saturated rings. The van der Waals surface area contributed by atoms with E-state index in [4.69, 9.17) is 4.74 Å². The summed E-state index contributed by atoms with van der Waals surface area (Å²) in [5, 5.41) is 2.97. The van der Waals surface area contributed by atoms with Crippen LogP contribution in [0.15, 0.2) is 0 Å². The van der Waals surface area contributed by atoms with E-state index in [1.807, 2.05) is 25.7 Å². The maximum absolute atomic E-state index is 12.3. The molecule has 1 aliphatic carbocycles. The molecule has 0 atom stereocenters. The number of piperidine rings is 1. The number of rotatable bonds is 4. The van der Waals surface area contributed by atoms with Crippen LogP contribution in [0.3, 0.4) is 0 Å². The van der Waals surface area contributed by atoms with Gasteiger partial charge in [-0.1, -0.05) is 27.7 Å². The second-order valence-electron chi connectivity index (χ2n) is 8.95. The van der Waals surface area contributed by atoms with E-state index < -0.39 is 5.41 Å². The number of nitrogens with zero attached hydrogens (tertiary/aromatic N) is 1. The minimum absolute atomic E-state index is 0.116. The standard InChI is InChI=1S/C20H34N2O4/c1-14-5-7-16(8-6-14)21-17(23)13-26-18(24)15-9-11-22(12-10-15)19(25)20(2,3)4/h14-16H,5-13H2,1-4H3,(H,21,23). The lowest BCUT2D eigenvalue weighted by Gasteiger charge is -2.35. The van der Waals surface area contributed by atoms with Crippen molar-refractivity contribution in [1.29, 1.82) is 0 Å². The normalized spacial score (nSPS) is 24.8. The zero-order valence-electron chi connectivity index (χ0n) is 16.7. The maximum Gasteiger partial charge on any atom is 0.309 e. The predicted molar refractivity (Wildman–Crippen MR) is 99.3 cm³/mol. The number of esters is 1. The monoisotopic (exact) mass is 366 g/mol. The van der Waals surface area contributed by atoms with Crippen LogP contribution in [0.5, 0.6) is 0 Å². The Labute approximate surface area is 157 Å². The highest BCUT2D eigenvalue weighted by molar-refractivity contribution is 5.83. The van der Waals surface area contributed by atoms with E-state index >= 15 is 0 Å². The Morgan fingerprint density at radius 1 is 1.00 bits per heavy atom. The average Bonchev–Trinajstić information content (AvgIpc) is 2.60. The summed E-state index contributed by atoms with van der Waals surface area (Å²) in [5.41, 5.74) is -0.400. The van der Waals surface area contributed by atoms with Crippen molar-refractivity contribution < 1.29 is 19.1 Å². The zero-order valence-corrected chi connectivity index (χ0v) is 16.7. The number of carbonyl (C=O) groups is 3. The molecule has 0 bridgehead atoms. The van der Waals surface area contributed by atoms with Gasteiger partial charge in [0.25, 0.3) is 5.91 Å². The third-order valence-corrected chi connectivity index (χ3v) is 5.48. The Hall–Kier alpha value is -1.59. The molecule has 0 aromatic heterocycles. The quantitative estimate of drug-likeness (QED) is 0.776. The number of amides is 2. The molecule has 2 rings (SSSR count). The lowest BCUT2D eigenvalue weighted by atomic mass is 9.87. The van der Waals surface area contributed by atoms with Gasteiger partial charge >= 0.3 is 5.97 Å². The van der Waals surface area contributed by atoms with Crippen LogP contribution >= 0.6 is 0 Å². The van der Waals surface area contributed by atoms with E-state index in [1.54, 1.807) is 0 Å². The first-order valence-electron chi connectivity index (χ1n) is 9.92. The molecule has 0 spiro atoms. The van der Waals surface area contributed by atoms with Crippen LogP contribution in [0.1, 0.15) is 66.2 Å². The number of hydrogen-bond acceptors (Lipinski definition) is 4. The van der Waals surface area contributed by atoms with Gasteiger partial charge in [0, 0.05) is 24.5 Å². The minimum atomic E-state index is -0.400. The molecule has 26 heavy (non-hydrogen) atoms. The summed E-state index contributed by atoms with van der Waals surface area (Å²) < 4.78 is 5.21. The van der Waals surface area contributed by atoms with Crippen LogP contribution in [0.25, 0.3) is 0 Å². The lowest BCUT2D eigenvalue weighted by molar-refractivity contribution is -0.155. The van der Waals surface area contributed by atoms with Crippen molar-refractivity contribution >= 4 is 17.8 Å². The summed E-state index contributed by atoms with van der Waals surface area (Å²) in [6.45, 7) is 8.89. The first-order valence-corrected chi connectivity index (χ1v) is 9.92. The Morgan fingerprint density at radius 3 is 2.12 bits per heavy atom. The summed E-state index contributed by atoms with van der Waals surface area (Å²) in [5.74, 6) is 0.100. The second-order valence-corrected chi connectivity index (χ2v) is 8.95. The summed E-state index contributed by atoms with van der Waals surface area (Å²) in [6.07, 6.45) is 5.47. The number of hydrogen-bond donors (Lipinski definition) is 1. The van der Waals surface area contributed by atoms with Gasteiger partial charge in [-0.25, -0.2) is 0 Å². The Balaban J connectivity index is 1.67. The average molecular weight is 367 g/mol. The molecular formula is C20H34N2O4. The van der Waals surface area contributed by atoms with Gasteiger partial charge in [0.15, 0.2) is 6.61 Å². The number of nitrogens with one attached hydrogen (secondary N) is 1. The smallest absolute Gasteiger partial charge is 0.309 e. The molecule has 1 N–H and O–H groups in total. The first-order chi connectivity index (χ1) is 12.2. The van der Waals surface area contributed by atoms with Gasteiger partial charge in [-0.05, 0) is 44.4 Å². The summed E-state index contributed by atoms with van der Waals surface area (Å²) >= 11 is 0. The predicted octanol–water partition coefficient (Wildman–Crippen LogP) is 2.51. The number of ether oxygens (including phenoxy) is 1. The van der Waals surface area contributed by atoms with E-state index in [1.165, 1.54) is 0 Å². The van der Waals surface area contributed by atoms with E-state index in [0.717, 1.165) is 31.6 Å². The molecule has 1 saturated carbocycles. The highest BCUT2D eigenvalue weighted by atomic mass is 16.5. The van der Waals surface area contributed by atoms with Crippen LogP contribution in [-0.4, -0.2) is 48.4 Å². The molecule has 0 unspecified atom stereocenters. The zero-order chi connectivity index (χ0) is 19.3. The number of carbonyl (C=O) groups excluding carboxylic acids is 3. The van der Waals surface area contributed by atoms with Crippen LogP contribution in [0.2, 0.25) is 0 Å². The van der Waals surface area contributed by atoms with Crippen molar-refractivity contribution in [3.63, 3.8) is 0 Å². The van der Waals surface area contributed by atoms with E-state index in [2.05, 4.69) is 12.2 Å². The molecule has 6 nitrogen and oxygen atoms in total. The highest BCUT2D eigenvalue weighted by Gasteiger charge is 2.33. The summed E-state index contributed by atoms with van der Waals surface area (Å²) in [6, 6.07) is 0.212. The van der Waals surface area contributed by atoms with Crippen molar-refractivity contribution in [2.45, 2.75) is 72.3 Å². The van der Waals surface area contributed by atoms with Crippen LogP contribution in [-0.2, 0) is 19.1 Å². The van der Waals surface area contributed by atoms with Gasteiger partial charge in [-0.3, -0.25) is 14.4 Å². The molecule has 148 valence electrons. The molecular weight excluding hydrogens is 332 g/mol. The Morgan fingerprint density at radius 2 is 1.58 bits per heavy atom. The van der Waals surface area contributed by atoms with Crippen molar-refractivity contribution in [3.8, 4) is 0 Å². The molecule has 0 aromatic carbocycles. The van der Waals surface area contributed by atoms with Gasteiger partial charge in [0.2, 0.25) is 5.91 Å². The molecule has 6 heteroatoms. The van der Waals surface area contributed by atoms with Crippen molar-refractivity contribution in [2.75, 3.05) is 19.7 Å². The molecule has 1 heterocycles. The molecule has 0 radical (unpaired) electrons. The SMILES string of the molecule is CC1CCC(NC(=O)COC(=O)C2CCN(C(=O)C(C)(C)C)CC2)CC1. The summed E-state index contributed by atoms with van der Waals surface area (Å²) in [4.78, 5) is 38.3. The first kappa shape index (κ1) is 20.7. The fourth-order valence-electron chi connectivity index (χ4n) is 3.72. The van der Waals surface area contributed by atoms with E-state index in [-0.39, 0.29) is 36.4 Å². The Bertz CT molecular complexity index is 510. The topological polar surface area (TPSA) is 75.7 Å². The van der Waals surface area contributed by atoms with Crippen molar-refractivity contribution in [1.82, 2.24) is 10.2 Å². The molecule has 1 aliphatic heterocycles. The highest BCUT2D eigenvalue weighted by Crippen LogP contribution is 2.25.